The molecule has 7 heteroatoms. The smallest absolute Gasteiger partial charge is 0.310 e. The van der Waals surface area contributed by atoms with Crippen LogP contribution in [-0.2, 0) is 6.54 Å². The molecule has 122 valence electrons. The molecule has 0 bridgehead atoms. The number of rotatable bonds is 5. The second-order valence-electron chi connectivity index (χ2n) is 5.34. The van der Waals surface area contributed by atoms with Crippen LogP contribution in [0.4, 0.5) is 5.69 Å². The molecule has 0 aliphatic rings. The number of hydrogen-bond acceptors (Lipinski definition) is 5. The molecule has 3 aromatic rings. The summed E-state index contributed by atoms with van der Waals surface area (Å²) in [6, 6.07) is 11.8. The Balaban J connectivity index is 1.78. The van der Waals surface area contributed by atoms with Gasteiger partial charge in [-0.2, -0.15) is 0 Å². The van der Waals surface area contributed by atoms with Crippen LogP contribution < -0.4 is 10.3 Å². The number of nitro benzene ring substituents is 1. The van der Waals surface area contributed by atoms with Gasteiger partial charge >= 0.3 is 5.69 Å². The van der Waals surface area contributed by atoms with Gasteiger partial charge in [-0.05, 0) is 30.7 Å². The van der Waals surface area contributed by atoms with Crippen molar-refractivity contribution in [2.45, 2.75) is 13.5 Å². The van der Waals surface area contributed by atoms with Crippen LogP contribution in [0.5, 0.6) is 5.75 Å². The highest BCUT2D eigenvalue weighted by Gasteiger charge is 2.14. The van der Waals surface area contributed by atoms with Crippen molar-refractivity contribution in [2.24, 2.45) is 0 Å². The van der Waals surface area contributed by atoms with Gasteiger partial charge in [0.25, 0.3) is 5.56 Å². The number of benzene rings is 2. The van der Waals surface area contributed by atoms with Gasteiger partial charge in [0, 0.05) is 6.07 Å². The summed E-state index contributed by atoms with van der Waals surface area (Å²) in [4.78, 5) is 27.1. The summed E-state index contributed by atoms with van der Waals surface area (Å²) in [6.45, 7) is 2.21. The van der Waals surface area contributed by atoms with E-state index in [0.29, 0.717) is 10.9 Å². The van der Waals surface area contributed by atoms with E-state index < -0.39 is 4.92 Å². The molecule has 1 heterocycles. The summed E-state index contributed by atoms with van der Waals surface area (Å²) in [6.07, 6.45) is 1.46. The maximum Gasteiger partial charge on any atom is 0.310 e. The molecule has 2 aromatic carbocycles. The number of aryl methyl sites for hydroxylation is 1. The number of nitro groups is 1. The number of nitrogens with zero attached hydrogens (tertiary/aromatic N) is 3. The van der Waals surface area contributed by atoms with Gasteiger partial charge in [-0.25, -0.2) is 4.98 Å². The fourth-order valence-electron chi connectivity index (χ4n) is 2.41. The van der Waals surface area contributed by atoms with Gasteiger partial charge in [-0.15, -0.1) is 0 Å². The topological polar surface area (TPSA) is 87.3 Å². The lowest BCUT2D eigenvalue weighted by atomic mass is 10.2. The summed E-state index contributed by atoms with van der Waals surface area (Å²) in [5.41, 5.74) is 1.24. The number of ether oxygens (including phenoxy) is 1. The molecule has 0 radical (unpaired) electrons. The van der Waals surface area contributed by atoms with Gasteiger partial charge in [0.05, 0.1) is 28.7 Å². The third-order valence-corrected chi connectivity index (χ3v) is 3.63. The Morgan fingerprint density at radius 2 is 2.04 bits per heavy atom. The van der Waals surface area contributed by atoms with E-state index >= 15 is 0 Å². The molecule has 1 aromatic heterocycles. The van der Waals surface area contributed by atoms with E-state index in [9.17, 15) is 14.9 Å². The summed E-state index contributed by atoms with van der Waals surface area (Å²) in [5, 5.41) is 11.6. The minimum atomic E-state index is -0.488. The molecule has 0 fully saturated rings. The summed E-state index contributed by atoms with van der Waals surface area (Å²) < 4.78 is 6.96. The van der Waals surface area contributed by atoms with Crippen LogP contribution in [0.15, 0.2) is 53.6 Å². The molecule has 0 N–H and O–H groups in total. The first kappa shape index (κ1) is 15.7. The summed E-state index contributed by atoms with van der Waals surface area (Å²) in [7, 11) is 0. The van der Waals surface area contributed by atoms with Crippen molar-refractivity contribution in [3.8, 4) is 5.75 Å². The highest BCUT2D eigenvalue weighted by atomic mass is 16.6. The maximum absolute atomic E-state index is 12.4. The van der Waals surface area contributed by atoms with Gasteiger partial charge in [-0.3, -0.25) is 19.5 Å². The lowest BCUT2D eigenvalue weighted by Gasteiger charge is -2.09. The van der Waals surface area contributed by atoms with E-state index in [2.05, 4.69) is 4.98 Å². The normalized spacial score (nSPS) is 10.7. The van der Waals surface area contributed by atoms with Crippen LogP contribution in [0.2, 0.25) is 0 Å². The van der Waals surface area contributed by atoms with Crippen LogP contribution in [-0.4, -0.2) is 21.1 Å². The van der Waals surface area contributed by atoms with E-state index in [1.54, 1.807) is 30.3 Å². The Morgan fingerprint density at radius 3 is 2.83 bits per heavy atom. The van der Waals surface area contributed by atoms with Crippen LogP contribution in [0.25, 0.3) is 10.9 Å². The lowest BCUT2D eigenvalue weighted by molar-refractivity contribution is -0.385. The fourth-order valence-corrected chi connectivity index (χ4v) is 2.41. The van der Waals surface area contributed by atoms with Gasteiger partial charge < -0.3 is 4.74 Å². The predicted octanol–water partition coefficient (Wildman–Crippen LogP) is 2.69. The van der Waals surface area contributed by atoms with Gasteiger partial charge in [0.1, 0.15) is 6.61 Å². The average Bonchev–Trinajstić information content (AvgIpc) is 2.57. The van der Waals surface area contributed by atoms with E-state index in [1.807, 2.05) is 13.0 Å². The van der Waals surface area contributed by atoms with E-state index in [0.717, 1.165) is 5.56 Å². The minimum absolute atomic E-state index is 0.0930. The van der Waals surface area contributed by atoms with Crippen LogP contribution in [0, 0.1) is 17.0 Å². The Bertz CT molecular complexity index is 965. The van der Waals surface area contributed by atoms with Crippen molar-refractivity contribution in [3.05, 3.63) is 74.8 Å². The SMILES string of the molecule is Cc1ccc([N+](=O)[O-])c(OCCn2cnc3ccccc3c2=O)c1. The largest absolute Gasteiger partial charge is 0.485 e. The molecule has 7 nitrogen and oxygen atoms in total. The zero-order chi connectivity index (χ0) is 17.1. The van der Waals surface area contributed by atoms with Crippen molar-refractivity contribution in [3.63, 3.8) is 0 Å². The van der Waals surface area contributed by atoms with Gasteiger partial charge in [0.2, 0.25) is 0 Å². The quantitative estimate of drug-likeness (QED) is 0.531. The monoisotopic (exact) mass is 325 g/mol. The Hall–Kier alpha value is -3.22. The Morgan fingerprint density at radius 1 is 1.25 bits per heavy atom. The van der Waals surface area contributed by atoms with Gasteiger partial charge in [-0.1, -0.05) is 18.2 Å². The third kappa shape index (κ3) is 3.10. The third-order valence-electron chi connectivity index (χ3n) is 3.63. The van der Waals surface area contributed by atoms with Crippen LogP contribution >= 0.6 is 0 Å². The Kier molecular flexibility index (Phi) is 4.24. The molecule has 3 rings (SSSR count). The molecular weight excluding hydrogens is 310 g/mol. The first-order valence-corrected chi connectivity index (χ1v) is 7.38. The lowest BCUT2D eigenvalue weighted by Crippen LogP contribution is -2.23. The van der Waals surface area contributed by atoms with E-state index in [-0.39, 0.29) is 30.1 Å². The average molecular weight is 325 g/mol. The number of aromatic nitrogens is 2. The van der Waals surface area contributed by atoms with Crippen molar-refractivity contribution >= 4 is 16.6 Å². The highest BCUT2D eigenvalue weighted by molar-refractivity contribution is 5.76. The van der Waals surface area contributed by atoms with Gasteiger partial charge in [0.15, 0.2) is 5.75 Å². The minimum Gasteiger partial charge on any atom is -0.485 e. The van der Waals surface area contributed by atoms with Crippen LogP contribution in [0.1, 0.15) is 5.56 Å². The summed E-state index contributed by atoms with van der Waals surface area (Å²) >= 11 is 0. The van der Waals surface area contributed by atoms with Crippen molar-refractivity contribution in [1.29, 1.82) is 0 Å². The molecule has 0 aliphatic heterocycles. The molecule has 0 saturated heterocycles. The molecule has 0 saturated carbocycles. The number of hydrogen-bond donors (Lipinski definition) is 0. The van der Waals surface area contributed by atoms with E-state index in [1.165, 1.54) is 17.0 Å². The molecule has 0 aliphatic carbocycles. The predicted molar refractivity (Wildman–Crippen MR) is 89.3 cm³/mol. The zero-order valence-corrected chi connectivity index (χ0v) is 13.0. The highest BCUT2D eigenvalue weighted by Crippen LogP contribution is 2.27. The zero-order valence-electron chi connectivity index (χ0n) is 13.0. The molecule has 0 atom stereocenters. The second-order valence-corrected chi connectivity index (χ2v) is 5.34. The maximum atomic E-state index is 12.4. The standard InChI is InChI=1S/C17H15N3O4/c1-12-6-7-15(20(22)23)16(10-12)24-9-8-19-11-18-14-5-3-2-4-13(14)17(19)21/h2-7,10-11H,8-9H2,1H3. The number of fused-ring (bicyclic) bond motifs is 1. The summed E-state index contributed by atoms with van der Waals surface area (Å²) in [5.74, 6) is 0.196. The van der Waals surface area contributed by atoms with Crippen LogP contribution in [0.3, 0.4) is 0 Å². The Labute approximate surface area is 137 Å². The first-order valence-electron chi connectivity index (χ1n) is 7.38. The van der Waals surface area contributed by atoms with Crippen molar-refractivity contribution in [2.75, 3.05) is 6.61 Å². The molecule has 24 heavy (non-hydrogen) atoms. The fraction of sp³-hybridized carbons (Fsp3) is 0.176. The first-order chi connectivity index (χ1) is 11.6. The second kappa shape index (κ2) is 6.49. The molecule has 0 unspecified atom stereocenters. The molecule has 0 spiro atoms. The molecular formula is C17H15N3O4. The molecule has 0 amide bonds. The van der Waals surface area contributed by atoms with E-state index in [4.69, 9.17) is 4.74 Å². The number of para-hydroxylation sites is 1. The van der Waals surface area contributed by atoms with Crippen molar-refractivity contribution < 1.29 is 9.66 Å². The van der Waals surface area contributed by atoms with Crippen molar-refractivity contribution in [1.82, 2.24) is 9.55 Å².